The standard InChI is InChI=1S/C16H20N2O2S/c1-13-6-8-15(9-7-13)11-14(2)18(3)21(19,20)16-5-4-10-17-12-16/h4-10,12,14H,11H2,1-3H3/t14-/m0/s1. The number of hydrogen-bond donors (Lipinski definition) is 0. The highest BCUT2D eigenvalue weighted by Gasteiger charge is 2.25. The minimum Gasteiger partial charge on any atom is -0.263 e. The maximum Gasteiger partial charge on any atom is 0.244 e. The molecule has 0 N–H and O–H groups in total. The van der Waals surface area contributed by atoms with Gasteiger partial charge in [0.1, 0.15) is 4.90 Å². The third-order valence-electron chi connectivity index (χ3n) is 3.58. The first-order valence-electron chi connectivity index (χ1n) is 6.85. The second-order valence-electron chi connectivity index (χ2n) is 5.25. The number of rotatable bonds is 5. The molecule has 0 aliphatic carbocycles. The summed E-state index contributed by atoms with van der Waals surface area (Å²) in [6.45, 7) is 3.94. The smallest absolute Gasteiger partial charge is 0.244 e. The van der Waals surface area contributed by atoms with Crippen LogP contribution in [-0.2, 0) is 16.4 Å². The van der Waals surface area contributed by atoms with E-state index in [1.165, 1.54) is 16.1 Å². The molecule has 2 aromatic rings. The average molecular weight is 304 g/mol. The zero-order valence-corrected chi connectivity index (χ0v) is 13.3. The van der Waals surface area contributed by atoms with E-state index >= 15 is 0 Å². The first-order chi connectivity index (χ1) is 9.91. The summed E-state index contributed by atoms with van der Waals surface area (Å²) in [5.41, 5.74) is 2.32. The number of sulfonamides is 1. The van der Waals surface area contributed by atoms with Crippen molar-refractivity contribution in [1.82, 2.24) is 9.29 Å². The molecule has 1 heterocycles. The Bertz CT molecular complexity index is 682. The largest absolute Gasteiger partial charge is 0.263 e. The Morgan fingerprint density at radius 2 is 1.86 bits per heavy atom. The van der Waals surface area contributed by atoms with Crippen LogP contribution in [0, 0.1) is 6.92 Å². The zero-order valence-electron chi connectivity index (χ0n) is 12.5. The fourth-order valence-corrected chi connectivity index (χ4v) is 3.42. The molecule has 0 amide bonds. The van der Waals surface area contributed by atoms with Crippen LogP contribution in [0.4, 0.5) is 0 Å². The first kappa shape index (κ1) is 15.7. The molecule has 1 aromatic carbocycles. The summed E-state index contributed by atoms with van der Waals surface area (Å²) in [5, 5.41) is 0. The lowest BCUT2D eigenvalue weighted by molar-refractivity contribution is 0.386. The predicted octanol–water partition coefficient (Wildman–Crippen LogP) is 2.64. The number of likely N-dealkylation sites (N-methyl/N-ethyl adjacent to an activating group) is 1. The summed E-state index contributed by atoms with van der Waals surface area (Å²) in [4.78, 5) is 4.11. The highest BCUT2D eigenvalue weighted by molar-refractivity contribution is 7.89. The molecule has 21 heavy (non-hydrogen) atoms. The molecule has 0 aliphatic rings. The summed E-state index contributed by atoms with van der Waals surface area (Å²) < 4.78 is 26.4. The normalized spacial score (nSPS) is 13.3. The van der Waals surface area contributed by atoms with E-state index in [2.05, 4.69) is 4.98 Å². The van der Waals surface area contributed by atoms with E-state index in [0.717, 1.165) is 5.56 Å². The Kier molecular flexibility index (Phi) is 4.75. The summed E-state index contributed by atoms with van der Waals surface area (Å²) in [5.74, 6) is 0. The number of nitrogens with zero attached hydrogens (tertiary/aromatic N) is 2. The van der Waals surface area contributed by atoms with Crippen LogP contribution in [0.2, 0.25) is 0 Å². The SMILES string of the molecule is Cc1ccc(C[C@H](C)N(C)S(=O)(=O)c2cccnc2)cc1. The van der Waals surface area contributed by atoms with Gasteiger partial charge in [0.05, 0.1) is 0 Å². The van der Waals surface area contributed by atoms with Crippen molar-refractivity contribution in [2.75, 3.05) is 7.05 Å². The summed E-state index contributed by atoms with van der Waals surface area (Å²) in [6.07, 6.45) is 3.62. The molecule has 0 aliphatic heterocycles. The van der Waals surface area contributed by atoms with Crippen molar-refractivity contribution in [3.05, 3.63) is 59.9 Å². The number of aryl methyl sites for hydroxylation is 1. The lowest BCUT2D eigenvalue weighted by atomic mass is 10.1. The summed E-state index contributed by atoms with van der Waals surface area (Å²) >= 11 is 0. The fourth-order valence-electron chi connectivity index (χ4n) is 2.10. The quantitative estimate of drug-likeness (QED) is 0.853. The molecule has 0 saturated heterocycles. The molecule has 1 aromatic heterocycles. The van der Waals surface area contributed by atoms with Crippen LogP contribution in [-0.4, -0.2) is 30.8 Å². The van der Waals surface area contributed by atoms with Crippen molar-refractivity contribution in [3.63, 3.8) is 0 Å². The molecule has 0 radical (unpaired) electrons. The van der Waals surface area contributed by atoms with Crippen LogP contribution in [0.25, 0.3) is 0 Å². The Morgan fingerprint density at radius 3 is 2.43 bits per heavy atom. The molecule has 1 atom stereocenters. The summed E-state index contributed by atoms with van der Waals surface area (Å²) in [7, 11) is -1.88. The molecule has 2 rings (SSSR count). The van der Waals surface area contributed by atoms with E-state index in [4.69, 9.17) is 0 Å². The van der Waals surface area contributed by atoms with E-state index in [1.807, 2.05) is 38.1 Å². The van der Waals surface area contributed by atoms with E-state index in [9.17, 15) is 8.42 Å². The number of benzene rings is 1. The van der Waals surface area contributed by atoms with Crippen molar-refractivity contribution in [1.29, 1.82) is 0 Å². The Balaban J connectivity index is 2.15. The van der Waals surface area contributed by atoms with Gasteiger partial charge in [-0.3, -0.25) is 4.98 Å². The lowest BCUT2D eigenvalue weighted by Crippen LogP contribution is -2.36. The number of pyridine rings is 1. The van der Waals surface area contributed by atoms with Gasteiger partial charge in [-0.25, -0.2) is 8.42 Å². The van der Waals surface area contributed by atoms with E-state index in [-0.39, 0.29) is 10.9 Å². The maximum absolute atomic E-state index is 12.5. The van der Waals surface area contributed by atoms with Gasteiger partial charge in [-0.1, -0.05) is 29.8 Å². The Morgan fingerprint density at radius 1 is 1.19 bits per heavy atom. The van der Waals surface area contributed by atoms with Gasteiger partial charge < -0.3 is 0 Å². The predicted molar refractivity (Wildman–Crippen MR) is 83.5 cm³/mol. The minimum atomic E-state index is -3.50. The fraction of sp³-hybridized carbons (Fsp3) is 0.312. The van der Waals surface area contributed by atoms with Crippen LogP contribution in [0.5, 0.6) is 0 Å². The summed E-state index contributed by atoms with van der Waals surface area (Å²) in [6, 6.07) is 11.2. The monoisotopic (exact) mass is 304 g/mol. The molecule has 0 spiro atoms. The van der Waals surface area contributed by atoms with Gasteiger partial charge in [-0.15, -0.1) is 0 Å². The lowest BCUT2D eigenvalue weighted by Gasteiger charge is -2.24. The van der Waals surface area contributed by atoms with Gasteiger partial charge in [-0.05, 0) is 38.0 Å². The van der Waals surface area contributed by atoms with Gasteiger partial charge in [0, 0.05) is 25.5 Å². The Hall–Kier alpha value is -1.72. The number of hydrogen-bond acceptors (Lipinski definition) is 3. The van der Waals surface area contributed by atoms with Crippen molar-refractivity contribution >= 4 is 10.0 Å². The maximum atomic E-state index is 12.5. The van der Waals surface area contributed by atoms with Crippen molar-refractivity contribution in [3.8, 4) is 0 Å². The van der Waals surface area contributed by atoms with Crippen molar-refractivity contribution < 1.29 is 8.42 Å². The minimum absolute atomic E-state index is 0.127. The molecule has 5 heteroatoms. The molecular weight excluding hydrogens is 284 g/mol. The topological polar surface area (TPSA) is 50.3 Å². The van der Waals surface area contributed by atoms with Crippen molar-refractivity contribution in [2.45, 2.75) is 31.2 Å². The number of aromatic nitrogens is 1. The average Bonchev–Trinajstić information content (AvgIpc) is 2.49. The molecule has 0 bridgehead atoms. The Labute approximate surface area is 126 Å². The van der Waals surface area contributed by atoms with Gasteiger partial charge in [-0.2, -0.15) is 4.31 Å². The van der Waals surface area contributed by atoms with Gasteiger partial charge in [0.2, 0.25) is 10.0 Å². The molecule has 0 unspecified atom stereocenters. The molecule has 4 nitrogen and oxygen atoms in total. The first-order valence-corrected chi connectivity index (χ1v) is 8.29. The van der Waals surface area contributed by atoms with Gasteiger partial charge >= 0.3 is 0 Å². The highest BCUT2D eigenvalue weighted by Crippen LogP contribution is 2.17. The van der Waals surface area contributed by atoms with E-state index in [1.54, 1.807) is 25.4 Å². The van der Waals surface area contributed by atoms with Crippen LogP contribution in [0.15, 0.2) is 53.7 Å². The molecule has 112 valence electrons. The highest BCUT2D eigenvalue weighted by atomic mass is 32.2. The zero-order chi connectivity index (χ0) is 15.5. The van der Waals surface area contributed by atoms with Crippen molar-refractivity contribution in [2.24, 2.45) is 0 Å². The molecule has 0 saturated carbocycles. The third-order valence-corrected chi connectivity index (χ3v) is 5.54. The third kappa shape index (κ3) is 3.68. The molecule has 0 fully saturated rings. The van der Waals surface area contributed by atoms with Gasteiger partial charge in [0.25, 0.3) is 0 Å². The van der Waals surface area contributed by atoms with Gasteiger partial charge in [0.15, 0.2) is 0 Å². The van der Waals surface area contributed by atoms with Crippen LogP contribution in [0.3, 0.4) is 0 Å². The van der Waals surface area contributed by atoms with E-state index < -0.39 is 10.0 Å². The van der Waals surface area contributed by atoms with E-state index in [0.29, 0.717) is 6.42 Å². The second kappa shape index (κ2) is 6.37. The second-order valence-corrected chi connectivity index (χ2v) is 7.25. The van der Waals surface area contributed by atoms with Crippen LogP contribution < -0.4 is 0 Å². The van der Waals surface area contributed by atoms with Crippen LogP contribution >= 0.6 is 0 Å². The van der Waals surface area contributed by atoms with Crippen LogP contribution in [0.1, 0.15) is 18.1 Å². The molecular formula is C16H20N2O2S.